The molecule has 2 aliphatic carbocycles. The van der Waals surface area contributed by atoms with Crippen LogP contribution in [0.2, 0.25) is 0 Å². The summed E-state index contributed by atoms with van der Waals surface area (Å²) in [5.74, 6) is -0.483. The van der Waals surface area contributed by atoms with Gasteiger partial charge in [0.25, 0.3) is 0 Å². The first-order valence-electron chi connectivity index (χ1n) is 15.2. The molecule has 0 fully saturated rings. The van der Waals surface area contributed by atoms with E-state index in [9.17, 15) is 25.9 Å². The molecule has 0 amide bonds. The van der Waals surface area contributed by atoms with Gasteiger partial charge in [0, 0.05) is 72.9 Å². The molecule has 9 nitrogen and oxygen atoms in total. The van der Waals surface area contributed by atoms with Gasteiger partial charge in [-0.25, -0.2) is 26.0 Å². The van der Waals surface area contributed by atoms with Crippen LogP contribution in [-0.2, 0) is 20.2 Å². The fourth-order valence-corrected chi connectivity index (χ4v) is 6.61. The van der Waals surface area contributed by atoms with Crippen molar-refractivity contribution in [3.05, 3.63) is 77.7 Å². The average molecular weight is 632 g/mol. The van der Waals surface area contributed by atoms with Crippen LogP contribution in [0.4, 0.5) is 0 Å². The minimum atomic E-state index is -4.05. The molecule has 1 aromatic rings. The second kappa shape index (κ2) is 17.5. The SMILES string of the molecule is Cc1ccncc1.O=S(=O)([O-])CCCC[N+]1=C2C=CCC=C2CCC1.O=S(=O)([O-])CCCC[N+]1=C2C=CCC=C2CCC1. The summed E-state index contributed by atoms with van der Waals surface area (Å²) in [6.45, 7) is 5.78. The first-order valence-corrected chi connectivity index (χ1v) is 18.4. The summed E-state index contributed by atoms with van der Waals surface area (Å²) in [7, 11) is -8.10. The number of aryl methyl sites for hydroxylation is 1. The normalized spacial score (nSPS) is 17.9. The second-order valence-corrected chi connectivity index (χ2v) is 14.2. The maximum Gasteiger partial charge on any atom is 0.202 e. The third kappa shape index (κ3) is 13.6. The summed E-state index contributed by atoms with van der Waals surface area (Å²) in [4.78, 5) is 3.85. The molecule has 0 aromatic carbocycles. The van der Waals surface area contributed by atoms with E-state index in [2.05, 4.69) is 50.6 Å². The Bertz CT molecular complexity index is 1380. The summed E-state index contributed by atoms with van der Waals surface area (Å²) < 4.78 is 67.7. The zero-order chi connectivity index (χ0) is 31.1. The smallest absolute Gasteiger partial charge is 0.202 e. The Balaban J connectivity index is 0.000000193. The van der Waals surface area contributed by atoms with Gasteiger partial charge in [-0.05, 0) is 63.1 Å². The number of aromatic nitrogens is 1. The minimum Gasteiger partial charge on any atom is -0.748 e. The van der Waals surface area contributed by atoms with Gasteiger partial charge in [-0.15, -0.1) is 0 Å². The predicted octanol–water partition coefficient (Wildman–Crippen LogP) is 4.28. The van der Waals surface area contributed by atoms with Crippen molar-refractivity contribution < 1.29 is 35.1 Å². The van der Waals surface area contributed by atoms with Crippen LogP contribution < -0.4 is 0 Å². The molecule has 0 spiro atoms. The molecular weight excluding hydrogens is 587 g/mol. The number of unbranched alkanes of at least 4 members (excludes halogenated alkanes) is 2. The van der Waals surface area contributed by atoms with Gasteiger partial charge in [0.2, 0.25) is 11.4 Å². The van der Waals surface area contributed by atoms with Crippen LogP contribution in [0, 0.1) is 6.92 Å². The third-order valence-electron chi connectivity index (χ3n) is 7.63. The maximum atomic E-state index is 10.5. The first kappa shape index (κ1) is 34.8. The molecule has 4 aliphatic rings. The molecule has 3 heterocycles. The summed E-state index contributed by atoms with van der Waals surface area (Å²) in [6.07, 6.45) is 25.8. The van der Waals surface area contributed by atoms with Gasteiger partial charge in [-0.3, -0.25) is 4.98 Å². The van der Waals surface area contributed by atoms with Crippen molar-refractivity contribution in [2.75, 3.05) is 37.7 Å². The standard InChI is InChI=1S/2C13H19NO3S.C6H7N/c2*15-18(16,17)11-4-3-9-14-10-5-7-12-6-1-2-8-13(12)14;1-6-2-4-7-5-3-6/h2*2,6,8H,1,3-5,7,9-11H2;2-5H,1H3. The van der Waals surface area contributed by atoms with Gasteiger partial charge in [0.05, 0.1) is 20.2 Å². The van der Waals surface area contributed by atoms with Gasteiger partial charge < -0.3 is 9.11 Å². The lowest BCUT2D eigenvalue weighted by Gasteiger charge is -2.18. The Hall–Kier alpha value is -2.73. The van der Waals surface area contributed by atoms with E-state index in [1.807, 2.05) is 19.1 Å². The van der Waals surface area contributed by atoms with Crippen LogP contribution in [0.25, 0.3) is 0 Å². The van der Waals surface area contributed by atoms with Crippen LogP contribution in [0.1, 0.15) is 69.8 Å². The topological polar surface area (TPSA) is 133 Å². The lowest BCUT2D eigenvalue weighted by atomic mass is 9.95. The number of fused-ring (bicyclic) bond motifs is 2. The molecule has 236 valence electrons. The highest BCUT2D eigenvalue weighted by Crippen LogP contribution is 2.20. The van der Waals surface area contributed by atoms with Crippen LogP contribution in [0.3, 0.4) is 0 Å². The molecule has 5 rings (SSSR count). The summed E-state index contributed by atoms with van der Waals surface area (Å²) in [6, 6.07) is 3.94. The van der Waals surface area contributed by atoms with E-state index in [-0.39, 0.29) is 11.5 Å². The van der Waals surface area contributed by atoms with Crippen molar-refractivity contribution in [3.8, 4) is 0 Å². The van der Waals surface area contributed by atoms with Crippen LogP contribution in [-0.4, -0.2) is 89.2 Å². The summed E-state index contributed by atoms with van der Waals surface area (Å²) in [5.41, 5.74) is 6.67. The fraction of sp³-hybridized carbons (Fsp3) is 0.531. The largest absolute Gasteiger partial charge is 0.748 e. The molecule has 0 saturated carbocycles. The van der Waals surface area contributed by atoms with E-state index in [0.29, 0.717) is 12.8 Å². The summed E-state index contributed by atoms with van der Waals surface area (Å²) in [5, 5.41) is 0. The monoisotopic (exact) mass is 631 g/mol. The molecule has 43 heavy (non-hydrogen) atoms. The molecule has 11 heteroatoms. The molecule has 0 bridgehead atoms. The Morgan fingerprint density at radius 1 is 0.721 bits per heavy atom. The van der Waals surface area contributed by atoms with E-state index in [1.54, 1.807) is 12.4 Å². The van der Waals surface area contributed by atoms with Crippen LogP contribution in [0.15, 0.2) is 72.1 Å². The molecule has 0 saturated heterocycles. The number of allylic oxidation sites excluding steroid dienone is 8. The van der Waals surface area contributed by atoms with Gasteiger partial charge in [0.1, 0.15) is 26.2 Å². The van der Waals surface area contributed by atoms with Gasteiger partial charge in [-0.1, -0.05) is 24.3 Å². The molecule has 1 aromatic heterocycles. The Morgan fingerprint density at radius 2 is 1.16 bits per heavy atom. The van der Waals surface area contributed by atoms with Crippen molar-refractivity contribution in [1.82, 2.24) is 4.98 Å². The number of rotatable bonds is 10. The molecule has 0 atom stereocenters. The number of nitrogens with zero attached hydrogens (tertiary/aromatic N) is 3. The Kier molecular flexibility index (Phi) is 14.2. The van der Waals surface area contributed by atoms with Gasteiger partial charge in [0.15, 0.2) is 0 Å². The first-order chi connectivity index (χ1) is 20.5. The number of hydrogen-bond donors (Lipinski definition) is 0. The number of hydrogen-bond acceptors (Lipinski definition) is 7. The maximum absolute atomic E-state index is 10.5. The van der Waals surface area contributed by atoms with Gasteiger partial charge in [-0.2, -0.15) is 0 Å². The van der Waals surface area contributed by atoms with Crippen molar-refractivity contribution in [1.29, 1.82) is 0 Å². The van der Waals surface area contributed by atoms with E-state index in [1.165, 1.54) is 28.1 Å². The highest BCUT2D eigenvalue weighted by atomic mass is 32.2. The highest BCUT2D eigenvalue weighted by molar-refractivity contribution is 7.85. The zero-order valence-corrected chi connectivity index (χ0v) is 26.8. The quantitative estimate of drug-likeness (QED) is 0.214. The van der Waals surface area contributed by atoms with Crippen LogP contribution in [0.5, 0.6) is 0 Å². The summed E-state index contributed by atoms with van der Waals surface area (Å²) >= 11 is 0. The second-order valence-electron chi connectivity index (χ2n) is 11.1. The van der Waals surface area contributed by atoms with E-state index in [0.717, 1.165) is 77.5 Å². The van der Waals surface area contributed by atoms with Gasteiger partial charge >= 0.3 is 0 Å². The molecular formula is C32H45N3O6S2. The predicted molar refractivity (Wildman–Crippen MR) is 169 cm³/mol. The highest BCUT2D eigenvalue weighted by Gasteiger charge is 2.24. The van der Waals surface area contributed by atoms with Crippen molar-refractivity contribution in [3.63, 3.8) is 0 Å². The van der Waals surface area contributed by atoms with Crippen molar-refractivity contribution >= 4 is 31.7 Å². The van der Waals surface area contributed by atoms with Crippen molar-refractivity contribution in [2.24, 2.45) is 0 Å². The van der Waals surface area contributed by atoms with E-state index in [4.69, 9.17) is 0 Å². The van der Waals surface area contributed by atoms with E-state index >= 15 is 0 Å². The molecule has 0 N–H and O–H groups in total. The molecule has 0 unspecified atom stereocenters. The minimum absolute atomic E-state index is 0.241. The average Bonchev–Trinajstić information content (AvgIpc) is 2.98. The molecule has 2 aliphatic heterocycles. The fourth-order valence-electron chi connectivity index (χ4n) is 5.50. The van der Waals surface area contributed by atoms with E-state index < -0.39 is 20.2 Å². The van der Waals surface area contributed by atoms with Crippen LogP contribution >= 0.6 is 0 Å². The lowest BCUT2D eigenvalue weighted by Crippen LogP contribution is -2.29. The lowest BCUT2D eigenvalue weighted by molar-refractivity contribution is -0.530. The zero-order valence-electron chi connectivity index (χ0n) is 25.2. The Labute approximate surface area is 257 Å². The number of pyridine rings is 1. The third-order valence-corrected chi connectivity index (χ3v) is 9.21. The molecule has 0 radical (unpaired) electrons. The Morgan fingerprint density at radius 3 is 1.53 bits per heavy atom. The van der Waals surface area contributed by atoms with Crippen molar-refractivity contribution in [2.45, 2.75) is 71.1 Å².